The smallest absolute Gasteiger partial charge is 0.0890 e. The summed E-state index contributed by atoms with van der Waals surface area (Å²) in [5, 5.41) is 0. The molecule has 0 saturated carbocycles. The van der Waals surface area contributed by atoms with E-state index in [9.17, 15) is 0 Å². The van der Waals surface area contributed by atoms with Gasteiger partial charge in [-0.1, -0.05) is 29.8 Å². The van der Waals surface area contributed by atoms with Crippen molar-refractivity contribution in [3.63, 3.8) is 0 Å². The first-order chi connectivity index (χ1) is 4.86. The lowest BCUT2D eigenvalue weighted by Crippen LogP contribution is -1.80. The van der Waals surface area contributed by atoms with E-state index in [0.29, 0.717) is 0 Å². The summed E-state index contributed by atoms with van der Waals surface area (Å²) < 4.78 is 4.15. The molecule has 0 spiro atoms. The summed E-state index contributed by atoms with van der Waals surface area (Å²) in [6, 6.07) is 8.52. The van der Waals surface area contributed by atoms with Gasteiger partial charge in [0.05, 0.1) is 14.2 Å². The van der Waals surface area contributed by atoms with Gasteiger partial charge in [-0.15, -0.1) is 0 Å². The lowest BCUT2D eigenvalue weighted by Gasteiger charge is -1.91. The molecule has 1 aliphatic heterocycles. The van der Waals surface area contributed by atoms with Gasteiger partial charge in [-0.2, -0.15) is 0 Å². The van der Waals surface area contributed by atoms with Gasteiger partial charge in [-0.05, 0) is 6.92 Å². The van der Waals surface area contributed by atoms with Crippen LogP contribution in [0.1, 0.15) is 11.1 Å². The van der Waals surface area contributed by atoms with Crippen LogP contribution in [0.2, 0.25) is 0 Å². The number of benzene rings is 1. The van der Waals surface area contributed by atoms with Gasteiger partial charge >= 0.3 is 0 Å². The Labute approximate surface area is 62.0 Å². The molecule has 1 aromatic rings. The van der Waals surface area contributed by atoms with Crippen molar-refractivity contribution in [2.24, 2.45) is 4.76 Å². The molecule has 0 aromatic heterocycles. The Morgan fingerprint density at radius 3 is 2.30 bits per heavy atom. The fourth-order valence-electron chi connectivity index (χ4n) is 0.868. The predicted molar refractivity (Wildman–Crippen MR) is 46.0 cm³/mol. The minimum Gasteiger partial charge on any atom is -0.256 e. The minimum absolute atomic E-state index is 0.740. The average Bonchev–Trinajstić information content (AvgIpc) is 2.71. The van der Waals surface area contributed by atoms with Crippen molar-refractivity contribution in [3.8, 4) is 0 Å². The van der Waals surface area contributed by atoms with Crippen molar-refractivity contribution in [1.82, 2.24) is 0 Å². The standard InChI is InChI=1S/C8H8NP/c1-6-2-4-7(5-3-6)8-9-10-8/h2-5,10H,1H3. The fourth-order valence-corrected chi connectivity index (χ4v) is 1.35. The van der Waals surface area contributed by atoms with Gasteiger partial charge in [0.25, 0.3) is 0 Å². The van der Waals surface area contributed by atoms with Crippen LogP contribution in [0.15, 0.2) is 29.0 Å². The van der Waals surface area contributed by atoms with Crippen LogP contribution in [0.5, 0.6) is 0 Å². The first-order valence-corrected chi connectivity index (χ1v) is 4.22. The molecule has 2 rings (SSSR count). The molecule has 0 N–H and O–H groups in total. The fraction of sp³-hybridized carbons (Fsp3) is 0.125. The van der Waals surface area contributed by atoms with Gasteiger partial charge in [0.1, 0.15) is 0 Å². The van der Waals surface area contributed by atoms with Crippen molar-refractivity contribution < 1.29 is 0 Å². The topological polar surface area (TPSA) is 12.4 Å². The minimum atomic E-state index is 0.740. The normalized spacial score (nSPS) is 17.1. The molecule has 1 nitrogen and oxygen atoms in total. The monoisotopic (exact) mass is 149 g/mol. The Balaban J connectivity index is 2.37. The summed E-state index contributed by atoms with van der Waals surface area (Å²) in [4.78, 5) is 0. The van der Waals surface area contributed by atoms with Gasteiger partial charge in [-0.25, -0.2) is 0 Å². The molecule has 1 aliphatic rings. The van der Waals surface area contributed by atoms with Crippen LogP contribution in [0, 0.1) is 6.92 Å². The second-order valence-electron chi connectivity index (χ2n) is 2.44. The lowest BCUT2D eigenvalue weighted by molar-refractivity contribution is 1.47. The van der Waals surface area contributed by atoms with Crippen molar-refractivity contribution in [2.75, 3.05) is 0 Å². The van der Waals surface area contributed by atoms with E-state index < -0.39 is 0 Å². The van der Waals surface area contributed by atoms with Crippen LogP contribution in [0.25, 0.3) is 0 Å². The molecule has 0 fully saturated rings. The number of nitrogens with zero attached hydrogens (tertiary/aromatic N) is 1. The first-order valence-electron chi connectivity index (χ1n) is 3.27. The first kappa shape index (κ1) is 6.06. The highest BCUT2D eigenvalue weighted by Gasteiger charge is 2.11. The number of hydrogen-bond donors (Lipinski definition) is 0. The van der Waals surface area contributed by atoms with Gasteiger partial charge in [0, 0.05) is 5.56 Å². The Kier molecular flexibility index (Phi) is 1.32. The van der Waals surface area contributed by atoms with E-state index in [1.54, 1.807) is 0 Å². The molecule has 0 aliphatic carbocycles. The molecule has 1 aromatic carbocycles. The van der Waals surface area contributed by atoms with E-state index in [4.69, 9.17) is 0 Å². The van der Waals surface area contributed by atoms with Gasteiger partial charge in [0.15, 0.2) is 0 Å². The average molecular weight is 149 g/mol. The molecule has 0 amide bonds. The highest BCUT2D eigenvalue weighted by Crippen LogP contribution is 2.35. The molecule has 1 unspecified atom stereocenters. The van der Waals surface area contributed by atoms with Crippen molar-refractivity contribution in [2.45, 2.75) is 6.92 Å². The van der Waals surface area contributed by atoms with E-state index in [-0.39, 0.29) is 0 Å². The van der Waals surface area contributed by atoms with E-state index in [2.05, 4.69) is 36.0 Å². The molecule has 0 saturated heterocycles. The lowest BCUT2D eigenvalue weighted by atomic mass is 10.2. The molecule has 10 heavy (non-hydrogen) atoms. The van der Waals surface area contributed by atoms with E-state index >= 15 is 0 Å². The number of rotatable bonds is 1. The van der Waals surface area contributed by atoms with Crippen molar-refractivity contribution in [3.05, 3.63) is 35.4 Å². The molecule has 0 radical (unpaired) electrons. The highest BCUT2D eigenvalue weighted by atomic mass is 31.1. The zero-order valence-corrected chi connectivity index (χ0v) is 6.76. The molecule has 50 valence electrons. The summed E-state index contributed by atoms with van der Waals surface area (Å²) in [7, 11) is 0.740. The second kappa shape index (κ2) is 2.17. The molecular weight excluding hydrogens is 141 g/mol. The molecule has 1 atom stereocenters. The van der Waals surface area contributed by atoms with E-state index in [1.807, 2.05) is 0 Å². The SMILES string of the molecule is Cc1ccc(C2=NP2)cc1. The highest BCUT2D eigenvalue weighted by molar-refractivity contribution is 7.67. The molecule has 2 heteroatoms. The van der Waals surface area contributed by atoms with Crippen LogP contribution in [-0.2, 0) is 0 Å². The van der Waals surface area contributed by atoms with Crippen molar-refractivity contribution >= 4 is 14.2 Å². The Morgan fingerprint density at radius 2 is 1.80 bits per heavy atom. The van der Waals surface area contributed by atoms with Crippen LogP contribution < -0.4 is 0 Å². The number of hydrogen-bond acceptors (Lipinski definition) is 1. The zero-order chi connectivity index (χ0) is 6.97. The third-order valence-electron chi connectivity index (χ3n) is 1.55. The van der Waals surface area contributed by atoms with Crippen molar-refractivity contribution in [1.29, 1.82) is 0 Å². The Hall–Kier alpha value is -0.680. The quantitative estimate of drug-likeness (QED) is 0.543. The van der Waals surface area contributed by atoms with Gasteiger partial charge < -0.3 is 0 Å². The predicted octanol–water partition coefficient (Wildman–Crippen LogP) is 2.35. The largest absolute Gasteiger partial charge is 0.256 e. The van der Waals surface area contributed by atoms with Crippen LogP contribution in [0.3, 0.4) is 0 Å². The van der Waals surface area contributed by atoms with Crippen LogP contribution in [0.4, 0.5) is 0 Å². The third-order valence-corrected chi connectivity index (χ3v) is 2.28. The van der Waals surface area contributed by atoms with E-state index in [0.717, 1.165) is 8.73 Å². The molecule has 1 heterocycles. The molecular formula is C8H8NP. The summed E-state index contributed by atoms with van der Waals surface area (Å²) >= 11 is 0. The zero-order valence-electron chi connectivity index (χ0n) is 5.76. The second-order valence-corrected chi connectivity index (χ2v) is 3.36. The van der Waals surface area contributed by atoms with Gasteiger partial charge in [-0.3, -0.25) is 4.76 Å². The Morgan fingerprint density at radius 1 is 1.20 bits per heavy atom. The maximum atomic E-state index is 4.15. The Bertz CT molecular complexity index is 274. The number of aryl methyl sites for hydroxylation is 1. The maximum Gasteiger partial charge on any atom is 0.0890 e. The van der Waals surface area contributed by atoms with Crippen LogP contribution >= 0.6 is 8.73 Å². The van der Waals surface area contributed by atoms with Crippen LogP contribution in [-0.4, -0.2) is 5.45 Å². The summed E-state index contributed by atoms with van der Waals surface area (Å²) in [6.07, 6.45) is 0. The van der Waals surface area contributed by atoms with Gasteiger partial charge in [0.2, 0.25) is 0 Å². The maximum absolute atomic E-state index is 4.15. The van der Waals surface area contributed by atoms with E-state index in [1.165, 1.54) is 16.6 Å². The third kappa shape index (κ3) is 1.10. The molecule has 0 bridgehead atoms. The summed E-state index contributed by atoms with van der Waals surface area (Å²) in [5.41, 5.74) is 3.89. The summed E-state index contributed by atoms with van der Waals surface area (Å²) in [5.74, 6) is 0. The summed E-state index contributed by atoms with van der Waals surface area (Å²) in [6.45, 7) is 2.10.